The van der Waals surface area contributed by atoms with Gasteiger partial charge in [0, 0.05) is 13.1 Å². The van der Waals surface area contributed by atoms with Gasteiger partial charge >= 0.3 is 6.09 Å². The minimum Gasteiger partial charge on any atom is -0.442 e. The predicted octanol–water partition coefficient (Wildman–Crippen LogP) is 1.61. The lowest BCUT2D eigenvalue weighted by Crippen LogP contribution is -2.31. The number of nitrogens with one attached hydrogen (secondary N) is 1. The summed E-state index contributed by atoms with van der Waals surface area (Å²) in [6.07, 6.45) is 9.07. The highest BCUT2D eigenvalue weighted by Gasteiger charge is 2.11. The molecule has 0 bridgehead atoms. The Labute approximate surface area is 144 Å². The van der Waals surface area contributed by atoms with Crippen molar-refractivity contribution < 1.29 is 23.7 Å². The van der Waals surface area contributed by atoms with E-state index in [0.29, 0.717) is 52.7 Å². The van der Waals surface area contributed by atoms with Crippen molar-refractivity contribution >= 4 is 6.09 Å². The Hall–Kier alpha value is -1.15. The Morgan fingerprint density at radius 3 is 2.46 bits per heavy atom. The fourth-order valence-electron chi connectivity index (χ4n) is 2.26. The van der Waals surface area contributed by atoms with Crippen molar-refractivity contribution in [3.8, 4) is 0 Å². The molecule has 7 nitrogen and oxygen atoms in total. The molecule has 7 heteroatoms. The second kappa shape index (κ2) is 15.4. The molecule has 0 aromatic carbocycles. The number of allylic oxidation sites excluding steroid dienone is 1. The zero-order chi connectivity index (χ0) is 17.3. The van der Waals surface area contributed by atoms with Crippen LogP contribution in [0, 0.1) is 0 Å². The first-order valence-electron chi connectivity index (χ1n) is 8.87. The van der Waals surface area contributed by atoms with Crippen LogP contribution < -0.4 is 11.1 Å². The molecule has 0 fully saturated rings. The Morgan fingerprint density at radius 1 is 1.00 bits per heavy atom. The second-order valence-electron chi connectivity index (χ2n) is 5.56. The van der Waals surface area contributed by atoms with Gasteiger partial charge in [0.05, 0.1) is 39.6 Å². The Kier molecular flexibility index (Phi) is 13.4. The van der Waals surface area contributed by atoms with Gasteiger partial charge in [0.2, 0.25) is 0 Å². The first-order valence-corrected chi connectivity index (χ1v) is 8.87. The molecule has 1 rings (SSSR count). The Morgan fingerprint density at radius 2 is 1.71 bits per heavy atom. The quantitative estimate of drug-likeness (QED) is 0.413. The zero-order valence-electron chi connectivity index (χ0n) is 14.5. The van der Waals surface area contributed by atoms with Crippen molar-refractivity contribution in [1.82, 2.24) is 5.32 Å². The van der Waals surface area contributed by atoms with Gasteiger partial charge < -0.3 is 30.0 Å². The van der Waals surface area contributed by atoms with E-state index in [9.17, 15) is 4.79 Å². The van der Waals surface area contributed by atoms with Crippen LogP contribution in [0.3, 0.4) is 0 Å². The minimum atomic E-state index is -0.387. The molecule has 0 spiro atoms. The van der Waals surface area contributed by atoms with E-state index in [1.54, 1.807) is 0 Å². The maximum Gasteiger partial charge on any atom is 0.407 e. The number of carbonyl (C=O) groups excluding carboxylic acids is 1. The highest BCUT2D eigenvalue weighted by molar-refractivity contribution is 5.67. The van der Waals surface area contributed by atoms with Gasteiger partial charge in [-0.2, -0.15) is 0 Å². The summed E-state index contributed by atoms with van der Waals surface area (Å²) in [4.78, 5) is 11.7. The number of carbonyl (C=O) groups is 1. The van der Waals surface area contributed by atoms with Crippen LogP contribution in [0.15, 0.2) is 12.2 Å². The van der Waals surface area contributed by atoms with Crippen molar-refractivity contribution in [2.24, 2.45) is 5.73 Å². The summed E-state index contributed by atoms with van der Waals surface area (Å²) >= 11 is 0. The zero-order valence-corrected chi connectivity index (χ0v) is 14.5. The molecule has 0 aromatic rings. The van der Waals surface area contributed by atoms with Crippen LogP contribution in [-0.2, 0) is 18.9 Å². The van der Waals surface area contributed by atoms with Gasteiger partial charge in [0.25, 0.3) is 0 Å². The highest BCUT2D eigenvalue weighted by Crippen LogP contribution is 2.14. The number of ether oxygens (including phenoxy) is 4. The third kappa shape index (κ3) is 12.3. The molecule has 1 aliphatic rings. The summed E-state index contributed by atoms with van der Waals surface area (Å²) in [5.41, 5.74) is 5.30. The van der Waals surface area contributed by atoms with Gasteiger partial charge in [0.1, 0.15) is 6.10 Å². The normalized spacial score (nSPS) is 19.3. The summed E-state index contributed by atoms with van der Waals surface area (Å²) in [6.45, 7) is 4.00. The molecule has 0 heterocycles. The standard InChI is InChI=1S/C17H32N2O5/c18-8-10-21-12-14-23-15-13-22-11-9-19-17(20)24-16-6-4-2-1-3-5-7-16/h4,6,16H,1-3,5,7-15,18H2,(H,19,20)/b6-4+/t16-/m1/s1. The number of hydrogen-bond acceptors (Lipinski definition) is 6. The molecule has 140 valence electrons. The molecule has 24 heavy (non-hydrogen) atoms. The van der Waals surface area contributed by atoms with Crippen molar-refractivity contribution in [2.45, 2.75) is 38.2 Å². The summed E-state index contributed by atoms with van der Waals surface area (Å²) in [5.74, 6) is 0. The maximum absolute atomic E-state index is 11.7. The molecule has 0 unspecified atom stereocenters. The Bertz CT molecular complexity index is 339. The molecule has 0 saturated carbocycles. The predicted molar refractivity (Wildman–Crippen MR) is 92.0 cm³/mol. The van der Waals surface area contributed by atoms with Crippen LogP contribution >= 0.6 is 0 Å². The molecule has 0 aromatic heterocycles. The number of hydrogen-bond donors (Lipinski definition) is 2. The van der Waals surface area contributed by atoms with E-state index >= 15 is 0 Å². The molecule has 3 N–H and O–H groups in total. The van der Waals surface area contributed by atoms with Crippen molar-refractivity contribution in [3.05, 3.63) is 12.2 Å². The fourth-order valence-corrected chi connectivity index (χ4v) is 2.26. The molecule has 0 saturated heterocycles. The SMILES string of the molecule is NCCOCCOCCOCCNC(=O)O[C@@H]1/C=C/CCCCC1. The maximum atomic E-state index is 11.7. The van der Waals surface area contributed by atoms with Crippen LogP contribution in [0.5, 0.6) is 0 Å². The fraction of sp³-hybridized carbons (Fsp3) is 0.824. The third-order valence-electron chi connectivity index (χ3n) is 3.49. The Balaban J connectivity index is 1.89. The van der Waals surface area contributed by atoms with Crippen LogP contribution in [0.2, 0.25) is 0 Å². The van der Waals surface area contributed by atoms with Crippen LogP contribution in [0.25, 0.3) is 0 Å². The van der Waals surface area contributed by atoms with E-state index in [0.717, 1.165) is 19.3 Å². The monoisotopic (exact) mass is 344 g/mol. The van der Waals surface area contributed by atoms with E-state index in [4.69, 9.17) is 24.7 Å². The van der Waals surface area contributed by atoms with E-state index in [1.807, 2.05) is 6.08 Å². The topological polar surface area (TPSA) is 92.0 Å². The number of nitrogens with two attached hydrogens (primary N) is 1. The average Bonchev–Trinajstić information content (AvgIpc) is 2.55. The molecular formula is C17H32N2O5. The average molecular weight is 344 g/mol. The van der Waals surface area contributed by atoms with Crippen LogP contribution in [0.4, 0.5) is 4.79 Å². The minimum absolute atomic E-state index is 0.110. The highest BCUT2D eigenvalue weighted by atomic mass is 16.6. The van der Waals surface area contributed by atoms with Gasteiger partial charge in [0.15, 0.2) is 0 Å². The largest absolute Gasteiger partial charge is 0.442 e. The molecule has 1 aliphatic carbocycles. The summed E-state index contributed by atoms with van der Waals surface area (Å²) in [7, 11) is 0. The molecular weight excluding hydrogens is 312 g/mol. The number of amides is 1. The van der Waals surface area contributed by atoms with Crippen molar-refractivity contribution in [1.29, 1.82) is 0 Å². The van der Waals surface area contributed by atoms with E-state index in [-0.39, 0.29) is 12.2 Å². The third-order valence-corrected chi connectivity index (χ3v) is 3.49. The van der Waals surface area contributed by atoms with Gasteiger partial charge in [-0.15, -0.1) is 0 Å². The second-order valence-corrected chi connectivity index (χ2v) is 5.56. The van der Waals surface area contributed by atoms with Crippen LogP contribution in [-0.4, -0.2) is 64.9 Å². The van der Waals surface area contributed by atoms with E-state index < -0.39 is 0 Å². The van der Waals surface area contributed by atoms with Gasteiger partial charge in [-0.3, -0.25) is 0 Å². The lowest BCUT2D eigenvalue weighted by atomic mass is 10.0. The van der Waals surface area contributed by atoms with Gasteiger partial charge in [-0.1, -0.05) is 12.5 Å². The molecule has 1 atom stereocenters. The van der Waals surface area contributed by atoms with Gasteiger partial charge in [-0.25, -0.2) is 4.79 Å². The first kappa shape index (κ1) is 20.9. The van der Waals surface area contributed by atoms with Crippen molar-refractivity contribution in [2.75, 3.05) is 52.7 Å². The van der Waals surface area contributed by atoms with Gasteiger partial charge in [-0.05, 0) is 31.8 Å². The van der Waals surface area contributed by atoms with Crippen LogP contribution in [0.1, 0.15) is 32.1 Å². The lowest BCUT2D eigenvalue weighted by molar-refractivity contribution is 0.0163. The number of rotatable bonds is 12. The van der Waals surface area contributed by atoms with E-state index in [2.05, 4.69) is 11.4 Å². The summed E-state index contributed by atoms with van der Waals surface area (Å²) in [6, 6.07) is 0. The molecule has 0 radical (unpaired) electrons. The lowest BCUT2D eigenvalue weighted by Gasteiger charge is -2.16. The van der Waals surface area contributed by atoms with Crippen molar-refractivity contribution in [3.63, 3.8) is 0 Å². The smallest absolute Gasteiger partial charge is 0.407 e. The molecule has 1 amide bonds. The molecule has 0 aliphatic heterocycles. The summed E-state index contributed by atoms with van der Waals surface area (Å²) in [5, 5.41) is 2.70. The van der Waals surface area contributed by atoms with E-state index in [1.165, 1.54) is 12.8 Å². The number of alkyl carbamates (subject to hydrolysis) is 1. The summed E-state index contributed by atoms with van der Waals surface area (Å²) < 4.78 is 21.2. The first-order chi connectivity index (χ1) is 11.8.